The second kappa shape index (κ2) is 6.58. The SMILES string of the molecule is NCC1CCC(c2ccnc(Nc3cnccn3)n2)CC1. The predicted octanol–water partition coefficient (Wildman–Crippen LogP) is 2.24. The van der Waals surface area contributed by atoms with Crippen LogP contribution >= 0.6 is 0 Å². The van der Waals surface area contributed by atoms with Crippen molar-refractivity contribution in [1.29, 1.82) is 0 Å². The minimum Gasteiger partial charge on any atom is -0.330 e. The highest BCUT2D eigenvalue weighted by molar-refractivity contribution is 5.45. The van der Waals surface area contributed by atoms with E-state index in [4.69, 9.17) is 5.73 Å². The zero-order valence-corrected chi connectivity index (χ0v) is 11.9. The maximum Gasteiger partial charge on any atom is 0.228 e. The van der Waals surface area contributed by atoms with Crippen LogP contribution < -0.4 is 11.1 Å². The molecule has 0 amide bonds. The Morgan fingerprint density at radius 2 is 1.95 bits per heavy atom. The third-order valence-electron chi connectivity index (χ3n) is 4.08. The molecule has 2 aromatic rings. The van der Waals surface area contributed by atoms with Crippen LogP contribution in [0.5, 0.6) is 0 Å². The monoisotopic (exact) mass is 284 g/mol. The summed E-state index contributed by atoms with van der Waals surface area (Å²) in [5.74, 6) is 2.42. The molecule has 3 N–H and O–H groups in total. The van der Waals surface area contributed by atoms with Crippen molar-refractivity contribution >= 4 is 11.8 Å². The first-order valence-electron chi connectivity index (χ1n) is 7.41. The normalized spacial score (nSPS) is 22.0. The van der Waals surface area contributed by atoms with Crippen LogP contribution in [-0.4, -0.2) is 26.5 Å². The first-order valence-corrected chi connectivity index (χ1v) is 7.41. The molecule has 2 aromatic heterocycles. The molecule has 0 atom stereocenters. The van der Waals surface area contributed by atoms with Crippen LogP contribution in [0.25, 0.3) is 0 Å². The summed E-state index contributed by atoms with van der Waals surface area (Å²) in [6.45, 7) is 0.802. The van der Waals surface area contributed by atoms with E-state index in [0.29, 0.717) is 23.6 Å². The van der Waals surface area contributed by atoms with Gasteiger partial charge in [0.1, 0.15) is 0 Å². The minimum atomic E-state index is 0.512. The van der Waals surface area contributed by atoms with Crippen molar-refractivity contribution in [2.45, 2.75) is 31.6 Å². The maximum atomic E-state index is 5.75. The second-order valence-electron chi connectivity index (χ2n) is 5.47. The molecule has 2 heterocycles. The summed E-state index contributed by atoms with van der Waals surface area (Å²) in [6, 6.07) is 2.01. The van der Waals surface area contributed by atoms with Crippen LogP contribution in [0.1, 0.15) is 37.3 Å². The molecular weight excluding hydrogens is 264 g/mol. The summed E-state index contributed by atoms with van der Waals surface area (Å²) in [6.07, 6.45) is 11.4. The van der Waals surface area contributed by atoms with E-state index in [1.807, 2.05) is 6.07 Å². The number of hydrogen-bond acceptors (Lipinski definition) is 6. The Morgan fingerprint density at radius 1 is 1.10 bits per heavy atom. The van der Waals surface area contributed by atoms with E-state index in [1.165, 1.54) is 12.8 Å². The Labute approximate surface area is 124 Å². The number of nitrogens with zero attached hydrogens (tertiary/aromatic N) is 4. The summed E-state index contributed by atoms with van der Waals surface area (Å²) < 4.78 is 0. The average Bonchev–Trinajstić information content (AvgIpc) is 2.56. The van der Waals surface area contributed by atoms with Gasteiger partial charge in [-0.15, -0.1) is 0 Å². The first kappa shape index (κ1) is 13.9. The minimum absolute atomic E-state index is 0.512. The average molecular weight is 284 g/mol. The van der Waals surface area contributed by atoms with E-state index < -0.39 is 0 Å². The second-order valence-corrected chi connectivity index (χ2v) is 5.47. The first-order chi connectivity index (χ1) is 10.3. The van der Waals surface area contributed by atoms with Crippen molar-refractivity contribution in [3.63, 3.8) is 0 Å². The molecule has 1 aliphatic rings. The fraction of sp³-hybridized carbons (Fsp3) is 0.467. The van der Waals surface area contributed by atoms with Crippen molar-refractivity contribution in [1.82, 2.24) is 19.9 Å². The lowest BCUT2D eigenvalue weighted by molar-refractivity contribution is 0.329. The van der Waals surface area contributed by atoms with Gasteiger partial charge in [-0.2, -0.15) is 0 Å². The van der Waals surface area contributed by atoms with Gasteiger partial charge >= 0.3 is 0 Å². The molecule has 0 aliphatic heterocycles. The molecule has 0 spiro atoms. The summed E-state index contributed by atoms with van der Waals surface area (Å²) in [5.41, 5.74) is 6.85. The van der Waals surface area contributed by atoms with Crippen LogP contribution in [0.15, 0.2) is 30.9 Å². The number of hydrogen-bond donors (Lipinski definition) is 2. The molecule has 0 unspecified atom stereocenters. The lowest BCUT2D eigenvalue weighted by atomic mass is 9.80. The number of aromatic nitrogens is 4. The molecule has 110 valence electrons. The van der Waals surface area contributed by atoms with Gasteiger partial charge in [0.05, 0.1) is 6.20 Å². The smallest absolute Gasteiger partial charge is 0.228 e. The largest absolute Gasteiger partial charge is 0.330 e. The van der Waals surface area contributed by atoms with E-state index in [9.17, 15) is 0 Å². The fourth-order valence-electron chi connectivity index (χ4n) is 2.83. The molecule has 6 heteroatoms. The highest BCUT2D eigenvalue weighted by atomic mass is 15.1. The Hall–Kier alpha value is -2.08. The molecule has 1 saturated carbocycles. The number of nitrogens with one attached hydrogen (secondary N) is 1. The van der Waals surface area contributed by atoms with Gasteiger partial charge in [-0.05, 0) is 44.2 Å². The fourth-order valence-corrected chi connectivity index (χ4v) is 2.83. The van der Waals surface area contributed by atoms with Gasteiger partial charge in [0.25, 0.3) is 0 Å². The molecule has 6 nitrogen and oxygen atoms in total. The number of rotatable bonds is 4. The summed E-state index contributed by atoms with van der Waals surface area (Å²) in [5, 5.41) is 3.09. The molecule has 0 saturated heterocycles. The van der Waals surface area contributed by atoms with Crippen molar-refractivity contribution in [2.24, 2.45) is 11.7 Å². The number of nitrogens with two attached hydrogens (primary N) is 1. The molecule has 1 fully saturated rings. The lowest BCUT2D eigenvalue weighted by Gasteiger charge is -2.27. The highest BCUT2D eigenvalue weighted by Gasteiger charge is 2.22. The van der Waals surface area contributed by atoms with Gasteiger partial charge in [0, 0.05) is 30.2 Å². The van der Waals surface area contributed by atoms with Gasteiger partial charge in [-0.3, -0.25) is 4.98 Å². The van der Waals surface area contributed by atoms with E-state index in [2.05, 4.69) is 25.3 Å². The number of anilines is 2. The van der Waals surface area contributed by atoms with E-state index in [-0.39, 0.29) is 0 Å². The van der Waals surface area contributed by atoms with Crippen molar-refractivity contribution in [3.8, 4) is 0 Å². The summed E-state index contributed by atoms with van der Waals surface area (Å²) in [4.78, 5) is 17.1. The van der Waals surface area contributed by atoms with Crippen LogP contribution in [-0.2, 0) is 0 Å². The van der Waals surface area contributed by atoms with Gasteiger partial charge in [0.15, 0.2) is 5.82 Å². The quantitative estimate of drug-likeness (QED) is 0.895. The van der Waals surface area contributed by atoms with Crippen molar-refractivity contribution in [3.05, 3.63) is 36.5 Å². The van der Waals surface area contributed by atoms with E-state index >= 15 is 0 Å². The summed E-state index contributed by atoms with van der Waals surface area (Å²) >= 11 is 0. The Morgan fingerprint density at radius 3 is 2.67 bits per heavy atom. The summed E-state index contributed by atoms with van der Waals surface area (Å²) in [7, 11) is 0. The zero-order chi connectivity index (χ0) is 14.5. The van der Waals surface area contributed by atoms with Crippen LogP contribution in [0.3, 0.4) is 0 Å². The maximum absolute atomic E-state index is 5.75. The third kappa shape index (κ3) is 3.52. The molecule has 0 radical (unpaired) electrons. The van der Waals surface area contributed by atoms with Crippen molar-refractivity contribution in [2.75, 3.05) is 11.9 Å². The predicted molar refractivity (Wildman–Crippen MR) is 81.1 cm³/mol. The van der Waals surface area contributed by atoms with Crippen LogP contribution in [0, 0.1) is 5.92 Å². The highest BCUT2D eigenvalue weighted by Crippen LogP contribution is 2.34. The van der Waals surface area contributed by atoms with E-state index in [0.717, 1.165) is 25.1 Å². The lowest BCUT2D eigenvalue weighted by Crippen LogP contribution is -2.21. The van der Waals surface area contributed by atoms with E-state index in [1.54, 1.807) is 24.8 Å². The zero-order valence-electron chi connectivity index (χ0n) is 11.9. The Balaban J connectivity index is 1.69. The van der Waals surface area contributed by atoms with Crippen LogP contribution in [0.4, 0.5) is 11.8 Å². The van der Waals surface area contributed by atoms with Gasteiger partial charge in [0.2, 0.25) is 5.95 Å². The van der Waals surface area contributed by atoms with Gasteiger partial charge < -0.3 is 11.1 Å². The van der Waals surface area contributed by atoms with Gasteiger partial charge in [-0.25, -0.2) is 15.0 Å². The molecular formula is C15H20N6. The molecule has 0 aromatic carbocycles. The standard InChI is InChI=1S/C15H20N6/c16-9-11-1-3-12(4-2-11)13-5-6-19-15(20-13)21-14-10-17-7-8-18-14/h5-8,10-12H,1-4,9,16H2,(H,18,19,20,21). The Bertz CT molecular complexity index is 565. The molecule has 3 rings (SSSR count). The topological polar surface area (TPSA) is 89.6 Å². The third-order valence-corrected chi connectivity index (χ3v) is 4.08. The van der Waals surface area contributed by atoms with Crippen LogP contribution in [0.2, 0.25) is 0 Å². The molecule has 1 aliphatic carbocycles. The van der Waals surface area contributed by atoms with Crippen molar-refractivity contribution < 1.29 is 0 Å². The molecule has 21 heavy (non-hydrogen) atoms. The van der Waals surface area contributed by atoms with Gasteiger partial charge in [-0.1, -0.05) is 0 Å². The Kier molecular flexibility index (Phi) is 4.35. The molecule has 0 bridgehead atoms.